The molecule has 1 unspecified atom stereocenters. The molecular weight excluding hydrogens is 488 g/mol. The van der Waals surface area contributed by atoms with E-state index in [9.17, 15) is 36.2 Å². The van der Waals surface area contributed by atoms with Crippen LogP contribution in [0.3, 0.4) is 0 Å². The van der Waals surface area contributed by atoms with Crippen molar-refractivity contribution in [2.75, 3.05) is 19.7 Å². The van der Waals surface area contributed by atoms with Gasteiger partial charge in [0, 0.05) is 19.6 Å². The van der Waals surface area contributed by atoms with Gasteiger partial charge in [-0.3, -0.25) is 9.69 Å². The summed E-state index contributed by atoms with van der Waals surface area (Å²) in [5.74, 6) is 0.314. The number of carboxylic acid groups (broad SMARTS) is 1. The predicted octanol–water partition coefficient (Wildman–Crippen LogP) is 6.59. The molecule has 196 valence electrons. The van der Waals surface area contributed by atoms with Crippen LogP contribution in [0.4, 0.5) is 26.3 Å². The van der Waals surface area contributed by atoms with E-state index in [0.29, 0.717) is 56.0 Å². The number of hydrogen-bond donors (Lipinski definition) is 1. The Morgan fingerprint density at radius 3 is 2.36 bits per heavy atom. The van der Waals surface area contributed by atoms with Gasteiger partial charge >= 0.3 is 18.3 Å². The number of nitrogens with zero attached hydrogens (tertiary/aromatic N) is 1. The summed E-state index contributed by atoms with van der Waals surface area (Å²) < 4.78 is 84.7. The molecule has 1 heterocycles. The van der Waals surface area contributed by atoms with Gasteiger partial charge in [0.2, 0.25) is 0 Å². The molecular formula is C26H27F6NO3. The Morgan fingerprint density at radius 2 is 1.75 bits per heavy atom. The van der Waals surface area contributed by atoms with Gasteiger partial charge in [-0.2, -0.15) is 26.3 Å². The van der Waals surface area contributed by atoms with Crippen LogP contribution in [0.25, 0.3) is 0 Å². The zero-order chi connectivity index (χ0) is 26.1. The standard InChI is InChI=1S/C26H27F6NO3/c27-25(28,29)20-6-7-23(26(30,31)32)19(10-20)15-33-13-16(14-33)8-9-36-21-3-1-2-18(11-21)22(12-24(34)35)17-4-5-17/h1-3,6-7,10-11,16-17,22H,4-5,8-9,12-15H2,(H,34,35). The van der Waals surface area contributed by atoms with Crippen molar-refractivity contribution >= 4 is 5.97 Å². The SMILES string of the molecule is O=C(O)CC(c1cccc(OCCC2CN(Cc3cc(C(F)(F)F)ccc3C(F)(F)F)C2)c1)C1CC1. The summed E-state index contributed by atoms with van der Waals surface area (Å²) in [6, 6.07) is 8.96. The highest BCUT2D eigenvalue weighted by Gasteiger charge is 2.38. The Morgan fingerprint density at radius 1 is 1.03 bits per heavy atom. The average Bonchev–Trinajstić information content (AvgIpc) is 3.59. The van der Waals surface area contributed by atoms with Crippen LogP contribution >= 0.6 is 0 Å². The summed E-state index contributed by atoms with van der Waals surface area (Å²) in [5, 5.41) is 9.20. The monoisotopic (exact) mass is 515 g/mol. The number of likely N-dealkylation sites (tertiary alicyclic amines) is 1. The first-order valence-corrected chi connectivity index (χ1v) is 11.8. The van der Waals surface area contributed by atoms with E-state index in [-0.39, 0.29) is 30.4 Å². The van der Waals surface area contributed by atoms with Crippen molar-refractivity contribution in [3.63, 3.8) is 0 Å². The molecule has 36 heavy (non-hydrogen) atoms. The Bertz CT molecular complexity index is 1070. The Balaban J connectivity index is 1.28. The lowest BCUT2D eigenvalue weighted by Gasteiger charge is -2.39. The van der Waals surface area contributed by atoms with Gasteiger partial charge in [-0.25, -0.2) is 0 Å². The smallest absolute Gasteiger partial charge is 0.416 e. The highest BCUT2D eigenvalue weighted by Crippen LogP contribution is 2.45. The molecule has 2 aliphatic rings. The highest BCUT2D eigenvalue weighted by atomic mass is 19.4. The fourth-order valence-corrected chi connectivity index (χ4v) is 4.83. The number of carboxylic acids is 1. The van der Waals surface area contributed by atoms with Crippen LogP contribution in [-0.2, 0) is 23.7 Å². The van der Waals surface area contributed by atoms with E-state index >= 15 is 0 Å². The summed E-state index contributed by atoms with van der Waals surface area (Å²) in [6.07, 6.45) is -6.67. The van der Waals surface area contributed by atoms with Gasteiger partial charge in [-0.1, -0.05) is 12.1 Å². The number of ether oxygens (including phenoxy) is 1. The average molecular weight is 515 g/mol. The fourth-order valence-electron chi connectivity index (χ4n) is 4.83. The molecule has 0 spiro atoms. The zero-order valence-corrected chi connectivity index (χ0v) is 19.4. The third kappa shape index (κ3) is 6.72. The van der Waals surface area contributed by atoms with Gasteiger partial charge in [0.15, 0.2) is 0 Å². The molecule has 2 aromatic rings. The molecule has 4 nitrogen and oxygen atoms in total. The second kappa shape index (κ2) is 10.3. The topological polar surface area (TPSA) is 49.8 Å². The fraction of sp³-hybridized carbons (Fsp3) is 0.500. The van der Waals surface area contributed by atoms with Crippen LogP contribution in [0.5, 0.6) is 5.75 Å². The lowest BCUT2D eigenvalue weighted by atomic mass is 9.91. The van der Waals surface area contributed by atoms with E-state index in [4.69, 9.17) is 4.74 Å². The Kier molecular flexibility index (Phi) is 7.54. The number of halogens is 6. The van der Waals surface area contributed by atoms with Crippen molar-refractivity contribution in [1.29, 1.82) is 0 Å². The van der Waals surface area contributed by atoms with Gasteiger partial charge in [-0.05, 0) is 78.5 Å². The van der Waals surface area contributed by atoms with Gasteiger partial charge in [0.1, 0.15) is 5.75 Å². The maximum absolute atomic E-state index is 13.3. The highest BCUT2D eigenvalue weighted by molar-refractivity contribution is 5.68. The van der Waals surface area contributed by atoms with Crippen molar-refractivity contribution < 1.29 is 41.0 Å². The molecule has 1 aliphatic carbocycles. The van der Waals surface area contributed by atoms with Crippen LogP contribution < -0.4 is 4.74 Å². The minimum atomic E-state index is -4.73. The lowest BCUT2D eigenvalue weighted by Crippen LogP contribution is -2.46. The molecule has 0 amide bonds. The number of benzene rings is 2. The van der Waals surface area contributed by atoms with Crippen molar-refractivity contribution in [2.45, 2.75) is 50.5 Å². The first-order chi connectivity index (χ1) is 16.9. The van der Waals surface area contributed by atoms with Crippen molar-refractivity contribution in [3.8, 4) is 5.75 Å². The van der Waals surface area contributed by atoms with Crippen LogP contribution in [0.2, 0.25) is 0 Å². The second-order valence-electron chi connectivity index (χ2n) is 9.68. The van der Waals surface area contributed by atoms with Gasteiger partial charge in [0.25, 0.3) is 0 Å². The Hall–Kier alpha value is -2.75. The molecule has 0 aromatic heterocycles. The van der Waals surface area contributed by atoms with Gasteiger partial charge < -0.3 is 9.84 Å². The molecule has 2 aromatic carbocycles. The number of rotatable bonds is 10. The van der Waals surface area contributed by atoms with Crippen molar-refractivity contribution in [3.05, 3.63) is 64.7 Å². The maximum atomic E-state index is 13.3. The molecule has 1 saturated carbocycles. The molecule has 10 heteroatoms. The second-order valence-corrected chi connectivity index (χ2v) is 9.68. The molecule has 4 rings (SSSR count). The van der Waals surface area contributed by atoms with Crippen LogP contribution in [0.15, 0.2) is 42.5 Å². The Labute approximate surface area is 204 Å². The lowest BCUT2D eigenvalue weighted by molar-refractivity contribution is -0.142. The maximum Gasteiger partial charge on any atom is 0.416 e. The molecule has 1 aliphatic heterocycles. The normalized spacial score (nSPS) is 18.1. The van der Waals surface area contributed by atoms with E-state index in [2.05, 4.69) is 0 Å². The summed E-state index contributed by atoms with van der Waals surface area (Å²) in [4.78, 5) is 12.9. The summed E-state index contributed by atoms with van der Waals surface area (Å²) in [6.45, 7) is 1.12. The molecule has 0 radical (unpaired) electrons. The largest absolute Gasteiger partial charge is 0.494 e. The van der Waals surface area contributed by atoms with Gasteiger partial charge in [0.05, 0.1) is 24.2 Å². The number of hydrogen-bond acceptors (Lipinski definition) is 3. The van der Waals surface area contributed by atoms with E-state index in [1.54, 1.807) is 11.0 Å². The minimum Gasteiger partial charge on any atom is -0.494 e. The van der Waals surface area contributed by atoms with Crippen LogP contribution in [-0.4, -0.2) is 35.7 Å². The predicted molar refractivity (Wildman–Crippen MR) is 119 cm³/mol. The van der Waals surface area contributed by atoms with Crippen LogP contribution in [0.1, 0.15) is 53.9 Å². The number of aliphatic carboxylic acids is 1. The van der Waals surface area contributed by atoms with Crippen molar-refractivity contribution in [1.82, 2.24) is 4.90 Å². The summed E-state index contributed by atoms with van der Waals surface area (Å²) >= 11 is 0. The van der Waals surface area contributed by atoms with Crippen molar-refractivity contribution in [2.24, 2.45) is 11.8 Å². The summed E-state index contributed by atoms with van der Waals surface area (Å²) in [7, 11) is 0. The molecule has 2 fully saturated rings. The van der Waals surface area contributed by atoms with Crippen LogP contribution in [0, 0.1) is 11.8 Å². The molecule has 1 N–H and O–H groups in total. The third-order valence-corrected chi connectivity index (χ3v) is 6.83. The number of carbonyl (C=O) groups is 1. The van der Waals surface area contributed by atoms with E-state index < -0.39 is 29.4 Å². The van der Waals surface area contributed by atoms with Gasteiger partial charge in [-0.15, -0.1) is 0 Å². The minimum absolute atomic E-state index is 0.0383. The first-order valence-electron chi connectivity index (χ1n) is 11.8. The number of alkyl halides is 6. The quantitative estimate of drug-likeness (QED) is 0.363. The zero-order valence-electron chi connectivity index (χ0n) is 19.4. The molecule has 0 bridgehead atoms. The molecule has 1 atom stereocenters. The summed E-state index contributed by atoms with van der Waals surface area (Å²) in [5.41, 5.74) is -1.58. The van der Waals surface area contributed by atoms with E-state index in [1.165, 1.54) is 0 Å². The first kappa shape index (κ1) is 26.3. The molecule has 1 saturated heterocycles. The van der Waals surface area contributed by atoms with E-state index in [1.807, 2.05) is 18.2 Å². The van der Waals surface area contributed by atoms with E-state index in [0.717, 1.165) is 18.4 Å². The third-order valence-electron chi connectivity index (χ3n) is 6.83.